The molecule has 21 heavy (non-hydrogen) atoms. The van der Waals surface area contributed by atoms with Crippen LogP contribution in [0.1, 0.15) is 51.5 Å². The summed E-state index contributed by atoms with van der Waals surface area (Å²) in [5.41, 5.74) is -0.449. The fourth-order valence-electron chi connectivity index (χ4n) is 2.42. The summed E-state index contributed by atoms with van der Waals surface area (Å²) in [4.78, 5) is 15.1. The van der Waals surface area contributed by atoms with Crippen molar-refractivity contribution in [2.75, 3.05) is 13.1 Å². The Hall–Kier alpha value is -1.07. The molecule has 0 bridgehead atoms. The van der Waals surface area contributed by atoms with Crippen molar-refractivity contribution in [1.82, 2.24) is 4.90 Å². The predicted octanol–water partition coefficient (Wildman–Crippen LogP) is 4.23. The van der Waals surface area contributed by atoms with Crippen LogP contribution in [-0.2, 0) is 9.47 Å². The highest BCUT2D eigenvalue weighted by atomic mass is 32.1. The Kier molecular flexibility index (Phi) is 5.27. The van der Waals surface area contributed by atoms with Crippen molar-refractivity contribution in [3.05, 3.63) is 22.4 Å². The van der Waals surface area contributed by atoms with Gasteiger partial charge in [0.15, 0.2) is 0 Å². The van der Waals surface area contributed by atoms with Gasteiger partial charge in [0.1, 0.15) is 5.60 Å². The molecule has 1 aromatic heterocycles. The van der Waals surface area contributed by atoms with Gasteiger partial charge in [-0.1, -0.05) is 6.07 Å². The Balaban J connectivity index is 1.87. The zero-order valence-corrected chi connectivity index (χ0v) is 14.1. The summed E-state index contributed by atoms with van der Waals surface area (Å²) < 4.78 is 11.5. The predicted molar refractivity (Wildman–Crippen MR) is 84.6 cm³/mol. The molecule has 4 nitrogen and oxygen atoms in total. The van der Waals surface area contributed by atoms with E-state index in [4.69, 9.17) is 9.47 Å². The van der Waals surface area contributed by atoms with Crippen LogP contribution in [0.25, 0.3) is 0 Å². The Morgan fingerprint density at radius 1 is 1.48 bits per heavy atom. The number of rotatable bonds is 3. The van der Waals surface area contributed by atoms with Crippen LogP contribution < -0.4 is 0 Å². The Morgan fingerprint density at radius 3 is 2.86 bits per heavy atom. The quantitative estimate of drug-likeness (QED) is 0.838. The lowest BCUT2D eigenvalue weighted by Gasteiger charge is -2.35. The van der Waals surface area contributed by atoms with Crippen LogP contribution in [-0.4, -0.2) is 35.8 Å². The van der Waals surface area contributed by atoms with Gasteiger partial charge >= 0.3 is 6.09 Å². The molecule has 0 saturated carbocycles. The molecule has 2 atom stereocenters. The number of hydrogen-bond donors (Lipinski definition) is 0. The molecule has 1 aliphatic rings. The maximum atomic E-state index is 12.1. The lowest BCUT2D eigenvalue weighted by atomic mass is 10.1. The zero-order chi connectivity index (χ0) is 15.5. The van der Waals surface area contributed by atoms with E-state index in [1.165, 1.54) is 4.88 Å². The first-order valence-corrected chi connectivity index (χ1v) is 8.40. The van der Waals surface area contributed by atoms with Crippen LogP contribution in [0.4, 0.5) is 4.79 Å². The molecule has 1 unspecified atom stereocenters. The summed E-state index contributed by atoms with van der Waals surface area (Å²) >= 11 is 1.70. The van der Waals surface area contributed by atoms with Gasteiger partial charge in [-0.05, 0) is 52.0 Å². The summed E-state index contributed by atoms with van der Waals surface area (Å²) in [6, 6.07) is 4.12. The minimum atomic E-state index is -0.449. The molecule has 1 aromatic rings. The van der Waals surface area contributed by atoms with Crippen LogP contribution in [0.3, 0.4) is 0 Å². The molecular formula is C16H25NO3S. The second-order valence-electron chi connectivity index (χ2n) is 6.48. The fraction of sp³-hybridized carbons (Fsp3) is 0.688. The monoisotopic (exact) mass is 311 g/mol. The van der Waals surface area contributed by atoms with Gasteiger partial charge in [0, 0.05) is 11.4 Å². The minimum Gasteiger partial charge on any atom is -0.444 e. The number of ether oxygens (including phenoxy) is 2. The second kappa shape index (κ2) is 6.79. The van der Waals surface area contributed by atoms with Crippen LogP contribution in [0.2, 0.25) is 0 Å². The zero-order valence-electron chi connectivity index (χ0n) is 13.3. The molecule has 1 fully saturated rings. The van der Waals surface area contributed by atoms with Crippen LogP contribution >= 0.6 is 11.3 Å². The Bertz CT molecular complexity index is 453. The fourth-order valence-corrected chi connectivity index (χ4v) is 3.14. The maximum absolute atomic E-state index is 12.1. The number of thiophene rings is 1. The van der Waals surface area contributed by atoms with Crippen molar-refractivity contribution in [2.24, 2.45) is 0 Å². The Morgan fingerprint density at radius 2 is 2.24 bits per heavy atom. The first-order chi connectivity index (χ1) is 9.85. The van der Waals surface area contributed by atoms with Gasteiger partial charge < -0.3 is 14.4 Å². The van der Waals surface area contributed by atoms with E-state index < -0.39 is 5.60 Å². The molecule has 1 saturated heterocycles. The minimum absolute atomic E-state index is 0.0774. The standard InChI is InChI=1S/C16H25NO3S/c1-12(14-8-6-10-21-14)19-13-7-5-9-17(11-13)15(18)20-16(2,3)4/h6,8,10,12-13H,5,7,9,11H2,1-4H3/t12?,13-/m0/s1. The van der Waals surface area contributed by atoms with E-state index in [0.29, 0.717) is 6.54 Å². The summed E-state index contributed by atoms with van der Waals surface area (Å²) in [5, 5.41) is 2.06. The number of carbonyl (C=O) groups excluding carboxylic acids is 1. The summed E-state index contributed by atoms with van der Waals surface area (Å²) in [5.74, 6) is 0. The van der Waals surface area contributed by atoms with Gasteiger partial charge in [-0.15, -0.1) is 11.3 Å². The summed E-state index contributed by atoms with van der Waals surface area (Å²) in [6.07, 6.45) is 1.88. The number of amides is 1. The van der Waals surface area contributed by atoms with Gasteiger partial charge in [-0.3, -0.25) is 0 Å². The highest BCUT2D eigenvalue weighted by Gasteiger charge is 2.29. The van der Waals surface area contributed by atoms with E-state index in [-0.39, 0.29) is 18.3 Å². The van der Waals surface area contributed by atoms with Crippen LogP contribution in [0, 0.1) is 0 Å². The molecule has 2 rings (SSSR count). The topological polar surface area (TPSA) is 38.8 Å². The molecule has 5 heteroatoms. The number of nitrogens with zero attached hydrogens (tertiary/aromatic N) is 1. The highest BCUT2D eigenvalue weighted by molar-refractivity contribution is 7.10. The molecule has 0 N–H and O–H groups in total. The summed E-state index contributed by atoms with van der Waals surface area (Å²) in [7, 11) is 0. The Labute approximate surface area is 131 Å². The number of hydrogen-bond acceptors (Lipinski definition) is 4. The van der Waals surface area contributed by atoms with E-state index in [9.17, 15) is 4.79 Å². The average molecular weight is 311 g/mol. The third-order valence-corrected chi connectivity index (χ3v) is 4.40. The van der Waals surface area contributed by atoms with Crippen molar-refractivity contribution in [3.8, 4) is 0 Å². The molecule has 1 aliphatic heterocycles. The molecular weight excluding hydrogens is 286 g/mol. The molecule has 0 aromatic carbocycles. The first-order valence-electron chi connectivity index (χ1n) is 7.52. The molecule has 0 spiro atoms. The van der Waals surface area contributed by atoms with Gasteiger partial charge in [-0.25, -0.2) is 4.79 Å². The third-order valence-electron chi connectivity index (χ3n) is 3.37. The molecule has 1 amide bonds. The smallest absolute Gasteiger partial charge is 0.410 e. The van der Waals surface area contributed by atoms with Gasteiger partial charge in [0.05, 0.1) is 18.8 Å². The molecule has 2 heterocycles. The van der Waals surface area contributed by atoms with Gasteiger partial charge in [0.25, 0.3) is 0 Å². The van der Waals surface area contributed by atoms with E-state index in [2.05, 4.69) is 18.4 Å². The summed E-state index contributed by atoms with van der Waals surface area (Å²) in [6.45, 7) is 9.11. The van der Waals surface area contributed by atoms with Crippen molar-refractivity contribution in [1.29, 1.82) is 0 Å². The number of carbonyl (C=O) groups is 1. The van der Waals surface area contributed by atoms with E-state index in [1.807, 2.05) is 26.8 Å². The van der Waals surface area contributed by atoms with Gasteiger partial charge in [-0.2, -0.15) is 0 Å². The highest BCUT2D eigenvalue weighted by Crippen LogP contribution is 2.26. The molecule has 118 valence electrons. The lowest BCUT2D eigenvalue weighted by molar-refractivity contribution is -0.0474. The van der Waals surface area contributed by atoms with Crippen molar-refractivity contribution in [2.45, 2.75) is 58.3 Å². The van der Waals surface area contributed by atoms with Crippen molar-refractivity contribution < 1.29 is 14.3 Å². The van der Waals surface area contributed by atoms with Crippen LogP contribution in [0.15, 0.2) is 17.5 Å². The molecule has 0 radical (unpaired) electrons. The number of likely N-dealkylation sites (tertiary alicyclic amines) is 1. The third kappa shape index (κ3) is 5.00. The van der Waals surface area contributed by atoms with E-state index in [1.54, 1.807) is 16.2 Å². The number of piperidine rings is 1. The SMILES string of the molecule is CC(O[C@H]1CCCN(C(=O)OC(C)(C)C)C1)c1cccs1. The van der Waals surface area contributed by atoms with Crippen molar-refractivity contribution in [3.63, 3.8) is 0 Å². The normalized spacial score (nSPS) is 21.1. The average Bonchev–Trinajstić information content (AvgIpc) is 2.91. The first kappa shape index (κ1) is 16.3. The second-order valence-corrected chi connectivity index (χ2v) is 7.46. The van der Waals surface area contributed by atoms with Gasteiger partial charge in [0.2, 0.25) is 0 Å². The molecule has 0 aliphatic carbocycles. The lowest BCUT2D eigenvalue weighted by Crippen LogP contribution is -2.45. The van der Waals surface area contributed by atoms with Crippen LogP contribution in [0.5, 0.6) is 0 Å². The van der Waals surface area contributed by atoms with Crippen molar-refractivity contribution >= 4 is 17.4 Å². The maximum Gasteiger partial charge on any atom is 0.410 e. The largest absolute Gasteiger partial charge is 0.444 e. The van der Waals surface area contributed by atoms with E-state index in [0.717, 1.165) is 19.4 Å². The van der Waals surface area contributed by atoms with E-state index >= 15 is 0 Å².